The fraction of sp³-hybridized carbons (Fsp3) is 0.0323. The van der Waals surface area contributed by atoms with Gasteiger partial charge in [0.05, 0.1) is 11.0 Å². The Morgan fingerprint density at radius 2 is 1.38 bits per heavy atom. The van der Waals surface area contributed by atoms with Crippen molar-refractivity contribution in [1.82, 2.24) is 9.97 Å². The quantitative estimate of drug-likeness (QED) is 0.284. The first-order valence-electron chi connectivity index (χ1n) is 11.4. The number of rotatable bonds is 4. The first kappa shape index (κ1) is 20.1. The summed E-state index contributed by atoms with van der Waals surface area (Å²) in [5.41, 5.74) is 8.02. The predicted molar refractivity (Wildman–Crippen MR) is 140 cm³/mol. The molecule has 0 spiro atoms. The second-order valence-electron chi connectivity index (χ2n) is 8.49. The fourth-order valence-electron chi connectivity index (χ4n) is 4.71. The zero-order valence-electron chi connectivity index (χ0n) is 18.7. The van der Waals surface area contributed by atoms with Crippen molar-refractivity contribution in [3.05, 3.63) is 115 Å². The smallest absolute Gasteiger partial charge is 0.160 e. The number of Topliss-reactive ketones (excluding diaryl/α,β-unsaturated/α-hetero) is 1. The van der Waals surface area contributed by atoms with E-state index in [1.807, 2.05) is 54.6 Å². The number of aromatic nitrogens is 2. The summed E-state index contributed by atoms with van der Waals surface area (Å²) in [7, 11) is 0. The number of aromatic amines is 1. The summed E-state index contributed by atoms with van der Waals surface area (Å²) in [4.78, 5) is 21.1. The van der Waals surface area contributed by atoms with Crippen LogP contribution in [0.5, 0.6) is 0 Å². The standard InChI is InChI=1S/C31H22N2O/c1-20(34)24-13-8-14-26-25(22-11-6-3-7-12-22)16-17-27(30(24)26)31-32-28-18-15-23(19-29(28)33-31)21-9-4-2-5-10-21/h2-19H,1H3,(H,32,33). The van der Waals surface area contributed by atoms with Gasteiger partial charge in [0.15, 0.2) is 5.78 Å². The molecule has 5 aromatic carbocycles. The molecule has 34 heavy (non-hydrogen) atoms. The van der Waals surface area contributed by atoms with E-state index in [1.165, 1.54) is 0 Å². The number of fused-ring (bicyclic) bond motifs is 2. The molecule has 1 aromatic heterocycles. The van der Waals surface area contributed by atoms with E-state index < -0.39 is 0 Å². The maximum Gasteiger partial charge on any atom is 0.160 e. The van der Waals surface area contributed by atoms with Gasteiger partial charge in [0, 0.05) is 16.5 Å². The van der Waals surface area contributed by atoms with Gasteiger partial charge in [0.25, 0.3) is 0 Å². The predicted octanol–water partition coefficient (Wildman–Crippen LogP) is 7.92. The lowest BCUT2D eigenvalue weighted by atomic mass is 9.91. The highest BCUT2D eigenvalue weighted by Gasteiger charge is 2.17. The first-order valence-corrected chi connectivity index (χ1v) is 11.4. The normalized spacial score (nSPS) is 11.2. The monoisotopic (exact) mass is 438 g/mol. The van der Waals surface area contributed by atoms with Gasteiger partial charge in [0.1, 0.15) is 5.82 Å². The zero-order valence-corrected chi connectivity index (χ0v) is 18.7. The highest BCUT2D eigenvalue weighted by atomic mass is 16.1. The number of nitrogens with one attached hydrogen (secondary N) is 1. The minimum absolute atomic E-state index is 0.0412. The lowest BCUT2D eigenvalue weighted by Gasteiger charge is -2.13. The first-order chi connectivity index (χ1) is 16.7. The van der Waals surface area contributed by atoms with E-state index in [0.717, 1.165) is 55.4 Å². The fourth-order valence-corrected chi connectivity index (χ4v) is 4.71. The van der Waals surface area contributed by atoms with E-state index in [2.05, 4.69) is 59.6 Å². The highest BCUT2D eigenvalue weighted by Crippen LogP contribution is 2.37. The van der Waals surface area contributed by atoms with E-state index in [0.29, 0.717) is 5.56 Å². The molecule has 0 fully saturated rings. The number of imidazole rings is 1. The number of H-pyrrole nitrogens is 1. The molecule has 162 valence electrons. The molecule has 0 saturated heterocycles. The minimum Gasteiger partial charge on any atom is -0.338 e. The number of ketones is 1. The summed E-state index contributed by atoms with van der Waals surface area (Å²) in [5.74, 6) is 0.804. The van der Waals surface area contributed by atoms with Crippen molar-refractivity contribution in [3.8, 4) is 33.6 Å². The van der Waals surface area contributed by atoms with Crippen LogP contribution in [0.2, 0.25) is 0 Å². The van der Waals surface area contributed by atoms with E-state index in [4.69, 9.17) is 4.98 Å². The van der Waals surface area contributed by atoms with Gasteiger partial charge in [-0.25, -0.2) is 4.98 Å². The van der Waals surface area contributed by atoms with Crippen LogP contribution in [-0.4, -0.2) is 15.8 Å². The summed E-state index contributed by atoms with van der Waals surface area (Å²) in [6.45, 7) is 1.62. The summed E-state index contributed by atoms with van der Waals surface area (Å²) < 4.78 is 0. The average molecular weight is 439 g/mol. The van der Waals surface area contributed by atoms with Crippen LogP contribution in [0, 0.1) is 0 Å². The van der Waals surface area contributed by atoms with Crippen molar-refractivity contribution in [1.29, 1.82) is 0 Å². The van der Waals surface area contributed by atoms with Crippen LogP contribution in [0.4, 0.5) is 0 Å². The van der Waals surface area contributed by atoms with Gasteiger partial charge < -0.3 is 4.98 Å². The van der Waals surface area contributed by atoms with Crippen LogP contribution in [0.3, 0.4) is 0 Å². The Morgan fingerprint density at radius 3 is 2.12 bits per heavy atom. The maximum absolute atomic E-state index is 12.6. The zero-order chi connectivity index (χ0) is 23.1. The van der Waals surface area contributed by atoms with Crippen LogP contribution in [0.1, 0.15) is 17.3 Å². The molecule has 6 rings (SSSR count). The van der Waals surface area contributed by atoms with Gasteiger partial charge in [0.2, 0.25) is 0 Å². The van der Waals surface area contributed by atoms with Crippen molar-refractivity contribution in [2.24, 2.45) is 0 Å². The molecule has 3 nitrogen and oxygen atoms in total. The molecule has 0 aliphatic carbocycles. The highest BCUT2D eigenvalue weighted by molar-refractivity contribution is 6.15. The van der Waals surface area contributed by atoms with E-state index in [9.17, 15) is 4.79 Å². The Bertz CT molecular complexity index is 1660. The number of carbonyl (C=O) groups excluding carboxylic acids is 1. The second-order valence-corrected chi connectivity index (χ2v) is 8.49. The maximum atomic E-state index is 12.6. The van der Waals surface area contributed by atoms with Crippen molar-refractivity contribution in [3.63, 3.8) is 0 Å². The molecule has 0 atom stereocenters. The Labute approximate surface area is 197 Å². The third kappa shape index (κ3) is 3.39. The Kier molecular flexibility index (Phi) is 4.81. The molecule has 1 heterocycles. The lowest BCUT2D eigenvalue weighted by Crippen LogP contribution is -1.97. The number of hydrogen-bond donors (Lipinski definition) is 1. The molecule has 0 amide bonds. The third-order valence-electron chi connectivity index (χ3n) is 6.35. The van der Waals surface area contributed by atoms with Crippen LogP contribution < -0.4 is 0 Å². The van der Waals surface area contributed by atoms with Crippen LogP contribution >= 0.6 is 0 Å². The summed E-state index contributed by atoms with van der Waals surface area (Å²) in [6.07, 6.45) is 0. The van der Waals surface area contributed by atoms with Crippen molar-refractivity contribution >= 4 is 27.6 Å². The summed E-state index contributed by atoms with van der Waals surface area (Å²) >= 11 is 0. The van der Waals surface area contributed by atoms with Gasteiger partial charge in [-0.15, -0.1) is 0 Å². The number of hydrogen-bond acceptors (Lipinski definition) is 2. The molecule has 1 N–H and O–H groups in total. The average Bonchev–Trinajstić information content (AvgIpc) is 3.32. The van der Waals surface area contributed by atoms with Gasteiger partial charge in [-0.1, -0.05) is 91.0 Å². The van der Waals surface area contributed by atoms with Gasteiger partial charge in [-0.3, -0.25) is 4.79 Å². The molecule has 0 aliphatic rings. The molecular weight excluding hydrogens is 416 g/mol. The summed E-state index contributed by atoms with van der Waals surface area (Å²) in [6, 6.07) is 37.0. The second kappa shape index (κ2) is 8.13. The molecule has 0 radical (unpaired) electrons. The minimum atomic E-state index is 0.0412. The van der Waals surface area contributed by atoms with E-state index in [-0.39, 0.29) is 5.78 Å². The largest absolute Gasteiger partial charge is 0.338 e. The van der Waals surface area contributed by atoms with Crippen LogP contribution in [-0.2, 0) is 0 Å². The lowest BCUT2D eigenvalue weighted by molar-refractivity contribution is 0.101. The van der Waals surface area contributed by atoms with E-state index in [1.54, 1.807) is 6.92 Å². The number of benzene rings is 5. The number of carbonyl (C=O) groups is 1. The van der Waals surface area contributed by atoms with Gasteiger partial charge >= 0.3 is 0 Å². The molecular formula is C31H22N2O. The Morgan fingerprint density at radius 1 is 0.676 bits per heavy atom. The van der Waals surface area contributed by atoms with Crippen molar-refractivity contribution in [2.45, 2.75) is 6.92 Å². The Hall–Kier alpha value is -4.50. The Balaban J connectivity index is 1.58. The van der Waals surface area contributed by atoms with E-state index >= 15 is 0 Å². The molecule has 3 heteroatoms. The van der Waals surface area contributed by atoms with Crippen LogP contribution in [0.25, 0.3) is 55.4 Å². The van der Waals surface area contributed by atoms with Crippen molar-refractivity contribution in [2.75, 3.05) is 0 Å². The molecule has 0 bridgehead atoms. The topological polar surface area (TPSA) is 45.8 Å². The van der Waals surface area contributed by atoms with Gasteiger partial charge in [-0.2, -0.15) is 0 Å². The number of nitrogens with zero attached hydrogens (tertiary/aromatic N) is 1. The van der Waals surface area contributed by atoms with Crippen LogP contribution in [0.15, 0.2) is 109 Å². The molecule has 6 aromatic rings. The van der Waals surface area contributed by atoms with Gasteiger partial charge in [-0.05, 0) is 52.8 Å². The SMILES string of the molecule is CC(=O)c1cccc2c(-c3ccccc3)ccc(-c3nc4ccc(-c5ccccc5)cc4[nH]3)c12. The van der Waals surface area contributed by atoms with Crippen molar-refractivity contribution < 1.29 is 4.79 Å². The molecule has 0 saturated carbocycles. The molecule has 0 unspecified atom stereocenters. The molecule has 0 aliphatic heterocycles. The third-order valence-corrected chi connectivity index (χ3v) is 6.35. The summed E-state index contributed by atoms with van der Waals surface area (Å²) in [5, 5.41) is 1.97.